The maximum Gasteiger partial charge on any atom is 0.268 e. The Balaban J connectivity index is 1.77. The summed E-state index contributed by atoms with van der Waals surface area (Å²) in [6.07, 6.45) is 4.57. The summed E-state index contributed by atoms with van der Waals surface area (Å²) >= 11 is 3.44. The number of rotatable bonds is 1. The molecule has 5 rings (SSSR count). The highest BCUT2D eigenvalue weighted by molar-refractivity contribution is 9.10. The van der Waals surface area contributed by atoms with Gasteiger partial charge in [0, 0.05) is 35.3 Å². The first-order valence-corrected chi connectivity index (χ1v) is 9.13. The van der Waals surface area contributed by atoms with E-state index < -0.39 is 0 Å². The molecular formula is C20H17BrN2O. The predicted octanol–water partition coefficient (Wildman–Crippen LogP) is 4.49. The molecule has 0 bridgehead atoms. The summed E-state index contributed by atoms with van der Waals surface area (Å²) in [6.45, 7) is 1.06. The van der Waals surface area contributed by atoms with Crippen LogP contribution in [0.15, 0.2) is 54.6 Å². The average Bonchev–Trinajstić information content (AvgIpc) is 3.15. The van der Waals surface area contributed by atoms with Crippen molar-refractivity contribution in [2.24, 2.45) is 0 Å². The van der Waals surface area contributed by atoms with Crippen molar-refractivity contribution in [3.63, 3.8) is 0 Å². The molecule has 120 valence electrons. The molecule has 4 heteroatoms. The zero-order valence-electron chi connectivity index (χ0n) is 13.2. The number of hydrogen-bond acceptors (Lipinski definition) is 2. The van der Waals surface area contributed by atoms with E-state index in [9.17, 15) is 4.79 Å². The van der Waals surface area contributed by atoms with Crippen LogP contribution in [0.25, 0.3) is 5.57 Å². The normalized spacial score (nSPS) is 24.5. The van der Waals surface area contributed by atoms with E-state index in [2.05, 4.69) is 63.5 Å². The molecule has 3 nitrogen and oxygen atoms in total. The molecule has 0 saturated carbocycles. The van der Waals surface area contributed by atoms with Gasteiger partial charge in [-0.3, -0.25) is 4.79 Å². The third-order valence-electron chi connectivity index (χ3n) is 5.46. The summed E-state index contributed by atoms with van der Waals surface area (Å²) in [4.78, 5) is 15.3. The fourth-order valence-electron chi connectivity index (χ4n) is 4.43. The fourth-order valence-corrected chi connectivity index (χ4v) is 4.92. The molecule has 0 N–H and O–H groups in total. The fraction of sp³-hybridized carbons (Fsp3) is 0.250. The molecule has 0 radical (unpaired) electrons. The molecule has 2 aromatic rings. The van der Waals surface area contributed by atoms with Crippen molar-refractivity contribution in [1.29, 1.82) is 0 Å². The van der Waals surface area contributed by atoms with Crippen LogP contribution in [-0.4, -0.2) is 18.5 Å². The van der Waals surface area contributed by atoms with Crippen LogP contribution in [0.5, 0.6) is 0 Å². The number of anilines is 2. The summed E-state index contributed by atoms with van der Waals surface area (Å²) in [7, 11) is 0. The van der Waals surface area contributed by atoms with Gasteiger partial charge in [0.15, 0.2) is 0 Å². The molecule has 0 spiro atoms. The van der Waals surface area contributed by atoms with Crippen LogP contribution >= 0.6 is 16.1 Å². The lowest BCUT2D eigenvalue weighted by Gasteiger charge is -2.31. The van der Waals surface area contributed by atoms with Crippen LogP contribution in [-0.2, 0) is 4.79 Å². The van der Waals surface area contributed by atoms with Crippen LogP contribution in [0, 0.1) is 0 Å². The molecule has 3 aliphatic rings. The minimum Gasteiger partial charge on any atom is -0.367 e. The smallest absolute Gasteiger partial charge is 0.268 e. The maximum absolute atomic E-state index is 12.8. The van der Waals surface area contributed by atoms with Crippen molar-refractivity contribution in [3.8, 4) is 0 Å². The predicted molar refractivity (Wildman–Crippen MR) is 100 cm³/mol. The van der Waals surface area contributed by atoms with Gasteiger partial charge in [0.1, 0.15) is 0 Å². The van der Waals surface area contributed by atoms with E-state index in [1.165, 1.54) is 24.1 Å². The minimum atomic E-state index is 0.0413. The molecule has 1 saturated heterocycles. The largest absolute Gasteiger partial charge is 0.367 e. The average molecular weight is 381 g/mol. The number of fused-ring (bicyclic) bond motifs is 2. The second kappa shape index (κ2) is 5.21. The summed E-state index contributed by atoms with van der Waals surface area (Å²) in [5.41, 5.74) is 5.38. The van der Waals surface area contributed by atoms with E-state index in [-0.39, 0.29) is 11.8 Å². The van der Waals surface area contributed by atoms with Crippen molar-refractivity contribution >= 4 is 39.0 Å². The van der Waals surface area contributed by atoms with Crippen LogP contribution in [0.2, 0.25) is 0 Å². The lowest BCUT2D eigenvalue weighted by molar-refractivity contribution is -0.111. The quantitative estimate of drug-likeness (QED) is 0.680. The number of hydrogen-bond donors (Lipinski definition) is 0. The SMILES string of the molecule is O=C1C2=CC(c3ccccc3)C3CCCN3c3cccc(c32)N1Br. The Morgan fingerprint density at radius 3 is 2.62 bits per heavy atom. The third kappa shape index (κ3) is 1.86. The van der Waals surface area contributed by atoms with Crippen LogP contribution in [0.4, 0.5) is 11.4 Å². The third-order valence-corrected chi connectivity index (χ3v) is 6.17. The number of benzene rings is 2. The monoisotopic (exact) mass is 380 g/mol. The molecule has 0 aliphatic carbocycles. The van der Waals surface area contributed by atoms with Crippen LogP contribution in [0.1, 0.15) is 29.9 Å². The van der Waals surface area contributed by atoms with E-state index >= 15 is 0 Å². The van der Waals surface area contributed by atoms with Gasteiger partial charge in [-0.1, -0.05) is 42.5 Å². The standard InChI is InChI=1S/C20H17BrN2O/c21-23-18-9-4-8-17-19(18)15(20(23)24)12-14(13-6-2-1-3-7-13)16-10-5-11-22(16)17/h1-4,6-9,12,14,16H,5,10-11H2. The Kier molecular flexibility index (Phi) is 3.10. The highest BCUT2D eigenvalue weighted by Gasteiger charge is 2.42. The number of carbonyl (C=O) groups is 1. The second-order valence-corrected chi connectivity index (χ2v) is 7.39. The Morgan fingerprint density at radius 2 is 1.79 bits per heavy atom. The first-order chi connectivity index (χ1) is 11.8. The lowest BCUT2D eigenvalue weighted by atomic mass is 9.88. The minimum absolute atomic E-state index is 0.0413. The van der Waals surface area contributed by atoms with E-state index in [0.29, 0.717) is 6.04 Å². The Labute approximate surface area is 149 Å². The molecule has 2 atom stereocenters. The summed E-state index contributed by atoms with van der Waals surface area (Å²) in [6, 6.07) is 17.2. The van der Waals surface area contributed by atoms with Gasteiger partial charge in [-0.25, -0.2) is 3.93 Å². The van der Waals surface area contributed by atoms with Gasteiger partial charge < -0.3 is 4.90 Å². The van der Waals surface area contributed by atoms with E-state index in [1.54, 1.807) is 3.93 Å². The van der Waals surface area contributed by atoms with Gasteiger partial charge in [-0.2, -0.15) is 0 Å². The van der Waals surface area contributed by atoms with Crippen molar-refractivity contribution in [2.45, 2.75) is 24.8 Å². The topological polar surface area (TPSA) is 23.6 Å². The van der Waals surface area contributed by atoms with Crippen molar-refractivity contribution < 1.29 is 4.79 Å². The first-order valence-electron chi connectivity index (χ1n) is 8.43. The van der Waals surface area contributed by atoms with E-state index in [4.69, 9.17) is 0 Å². The summed E-state index contributed by atoms with van der Waals surface area (Å²) in [5, 5.41) is 0. The lowest BCUT2D eigenvalue weighted by Crippen LogP contribution is -2.33. The van der Waals surface area contributed by atoms with Crippen molar-refractivity contribution in [1.82, 2.24) is 0 Å². The summed E-state index contributed by atoms with van der Waals surface area (Å²) < 4.78 is 1.61. The highest BCUT2D eigenvalue weighted by Crippen LogP contribution is 2.50. The Hall–Kier alpha value is -2.07. The Bertz CT molecular complexity index is 861. The number of amides is 1. The molecule has 2 unspecified atom stereocenters. The van der Waals surface area contributed by atoms with Gasteiger partial charge in [0.2, 0.25) is 0 Å². The van der Waals surface area contributed by atoms with Crippen molar-refractivity contribution in [2.75, 3.05) is 15.4 Å². The zero-order chi connectivity index (χ0) is 16.3. The van der Waals surface area contributed by atoms with Gasteiger partial charge >= 0.3 is 0 Å². The second-order valence-electron chi connectivity index (χ2n) is 6.68. The van der Waals surface area contributed by atoms with Gasteiger partial charge in [0.25, 0.3) is 5.91 Å². The maximum atomic E-state index is 12.8. The van der Waals surface area contributed by atoms with Crippen molar-refractivity contribution in [3.05, 3.63) is 65.7 Å². The molecule has 2 aromatic carbocycles. The molecule has 0 aromatic heterocycles. The zero-order valence-corrected chi connectivity index (χ0v) is 14.7. The molecule has 24 heavy (non-hydrogen) atoms. The van der Waals surface area contributed by atoms with Crippen LogP contribution in [0.3, 0.4) is 0 Å². The molecular weight excluding hydrogens is 364 g/mol. The molecule has 1 amide bonds. The van der Waals surface area contributed by atoms with E-state index in [1.807, 2.05) is 12.1 Å². The number of carbonyl (C=O) groups excluding carboxylic acids is 1. The molecule has 3 heterocycles. The molecule has 3 aliphatic heterocycles. The number of halogens is 1. The molecule has 1 fully saturated rings. The van der Waals surface area contributed by atoms with Gasteiger partial charge in [0.05, 0.1) is 21.8 Å². The van der Waals surface area contributed by atoms with Gasteiger partial charge in [-0.15, -0.1) is 0 Å². The van der Waals surface area contributed by atoms with Gasteiger partial charge in [-0.05, 0) is 30.5 Å². The van der Waals surface area contributed by atoms with Crippen LogP contribution < -0.4 is 8.83 Å². The number of nitrogens with zero attached hydrogens (tertiary/aromatic N) is 2. The summed E-state index contributed by atoms with van der Waals surface area (Å²) in [5.74, 6) is 0.284. The highest BCUT2D eigenvalue weighted by atomic mass is 79.9. The first kappa shape index (κ1) is 14.3. The van der Waals surface area contributed by atoms with E-state index in [0.717, 1.165) is 23.4 Å². The Morgan fingerprint density at radius 1 is 1.00 bits per heavy atom.